The van der Waals surface area contributed by atoms with Crippen LogP contribution in [0.3, 0.4) is 0 Å². The van der Waals surface area contributed by atoms with Gasteiger partial charge in [0.15, 0.2) is 5.75 Å². The average Bonchev–Trinajstić information content (AvgIpc) is 2.46. The Labute approximate surface area is 132 Å². The predicted molar refractivity (Wildman–Crippen MR) is 83.0 cm³/mol. The molecule has 0 aliphatic heterocycles. The number of methoxy groups -OCH3 is 1. The molecule has 21 heavy (non-hydrogen) atoms. The summed E-state index contributed by atoms with van der Waals surface area (Å²) in [5, 5.41) is 0.879. The van der Waals surface area contributed by atoms with Gasteiger partial charge in [0.25, 0.3) is 0 Å². The number of esters is 1. The lowest BCUT2D eigenvalue weighted by molar-refractivity contribution is 0.0469. The van der Waals surface area contributed by atoms with Crippen LogP contribution < -0.4 is 10.5 Å². The number of nitrogen functional groups attached to an aromatic ring is 1. The van der Waals surface area contributed by atoms with E-state index in [4.69, 9.17) is 38.4 Å². The summed E-state index contributed by atoms with van der Waals surface area (Å²) in [5.41, 5.74) is 6.92. The Kier molecular flexibility index (Phi) is 4.94. The molecule has 0 fully saturated rings. The maximum atomic E-state index is 12.1. The highest BCUT2D eigenvalue weighted by molar-refractivity contribution is 6.35. The second-order valence-corrected chi connectivity index (χ2v) is 5.02. The van der Waals surface area contributed by atoms with Crippen molar-refractivity contribution >= 4 is 34.9 Å². The summed E-state index contributed by atoms with van der Waals surface area (Å²) >= 11 is 12.0. The number of carbonyl (C=O) groups is 1. The first-order valence-electron chi connectivity index (χ1n) is 6.07. The van der Waals surface area contributed by atoms with Crippen LogP contribution in [0, 0.1) is 0 Å². The van der Waals surface area contributed by atoms with Crippen molar-refractivity contribution in [3.63, 3.8) is 0 Å². The molecule has 0 bridgehead atoms. The highest BCUT2D eigenvalue weighted by Gasteiger charge is 2.17. The summed E-state index contributed by atoms with van der Waals surface area (Å²) in [6.45, 7) is -0.0324. The van der Waals surface area contributed by atoms with Gasteiger partial charge < -0.3 is 15.2 Å². The van der Waals surface area contributed by atoms with Crippen molar-refractivity contribution in [1.82, 2.24) is 0 Å². The topological polar surface area (TPSA) is 61.5 Å². The first-order valence-corrected chi connectivity index (χ1v) is 6.82. The third kappa shape index (κ3) is 3.40. The SMILES string of the molecule is COc1c(N)cccc1C(=O)OCc1c(Cl)cccc1Cl. The summed E-state index contributed by atoms with van der Waals surface area (Å²) in [5.74, 6) is -0.275. The van der Waals surface area contributed by atoms with Crippen molar-refractivity contribution in [2.75, 3.05) is 12.8 Å². The lowest BCUT2D eigenvalue weighted by Gasteiger charge is -2.11. The standard InChI is InChI=1S/C15H13Cl2NO3/c1-20-14-9(4-2-7-13(14)18)15(19)21-8-10-11(16)5-3-6-12(10)17/h2-7H,8,18H2,1H3. The van der Waals surface area contributed by atoms with Crippen LogP contribution in [0.2, 0.25) is 10.0 Å². The molecule has 0 radical (unpaired) electrons. The summed E-state index contributed by atoms with van der Waals surface area (Å²) in [4.78, 5) is 12.1. The van der Waals surface area contributed by atoms with E-state index in [0.29, 0.717) is 21.3 Å². The van der Waals surface area contributed by atoms with Gasteiger partial charge in [0, 0.05) is 15.6 Å². The molecule has 6 heteroatoms. The summed E-state index contributed by atoms with van der Waals surface area (Å²) in [7, 11) is 1.44. The molecule has 2 aromatic rings. The molecular weight excluding hydrogens is 313 g/mol. The zero-order valence-corrected chi connectivity index (χ0v) is 12.7. The molecule has 2 N–H and O–H groups in total. The van der Waals surface area contributed by atoms with Crippen LogP contribution >= 0.6 is 23.2 Å². The van der Waals surface area contributed by atoms with Gasteiger partial charge in [-0.25, -0.2) is 4.79 Å². The summed E-state index contributed by atoms with van der Waals surface area (Å²) in [6.07, 6.45) is 0. The highest BCUT2D eigenvalue weighted by Crippen LogP contribution is 2.28. The fourth-order valence-corrected chi connectivity index (χ4v) is 2.34. The van der Waals surface area contributed by atoms with Gasteiger partial charge in [-0.3, -0.25) is 0 Å². The molecule has 0 atom stereocenters. The Balaban J connectivity index is 2.18. The van der Waals surface area contributed by atoms with E-state index in [2.05, 4.69) is 0 Å². The van der Waals surface area contributed by atoms with Gasteiger partial charge in [-0.1, -0.05) is 35.3 Å². The third-order valence-electron chi connectivity index (χ3n) is 2.88. The quantitative estimate of drug-likeness (QED) is 0.683. The van der Waals surface area contributed by atoms with Crippen LogP contribution in [0.15, 0.2) is 36.4 Å². The number of rotatable bonds is 4. The Bertz CT molecular complexity index is 654. The predicted octanol–water partition coefficient (Wildman–Crippen LogP) is 3.94. The molecule has 0 saturated carbocycles. The van der Waals surface area contributed by atoms with Gasteiger partial charge in [0.05, 0.1) is 12.8 Å². The van der Waals surface area contributed by atoms with E-state index in [1.807, 2.05) is 0 Å². The van der Waals surface area contributed by atoms with Crippen molar-refractivity contribution in [3.8, 4) is 5.75 Å². The van der Waals surface area contributed by atoms with Gasteiger partial charge in [-0.05, 0) is 24.3 Å². The minimum absolute atomic E-state index is 0.0324. The van der Waals surface area contributed by atoms with E-state index in [1.165, 1.54) is 7.11 Å². The maximum Gasteiger partial charge on any atom is 0.342 e. The van der Waals surface area contributed by atoms with Crippen molar-refractivity contribution in [1.29, 1.82) is 0 Å². The number of carbonyl (C=O) groups excluding carboxylic acids is 1. The molecule has 4 nitrogen and oxygen atoms in total. The Morgan fingerprint density at radius 1 is 1.14 bits per heavy atom. The minimum Gasteiger partial charge on any atom is -0.494 e. The Morgan fingerprint density at radius 2 is 1.76 bits per heavy atom. The first-order chi connectivity index (χ1) is 10.0. The van der Waals surface area contributed by atoms with E-state index in [1.54, 1.807) is 36.4 Å². The van der Waals surface area contributed by atoms with E-state index in [9.17, 15) is 4.79 Å². The summed E-state index contributed by atoms with van der Waals surface area (Å²) in [6, 6.07) is 9.94. The number of ether oxygens (including phenoxy) is 2. The normalized spacial score (nSPS) is 10.2. The van der Waals surface area contributed by atoms with E-state index in [0.717, 1.165) is 0 Å². The largest absolute Gasteiger partial charge is 0.494 e. The lowest BCUT2D eigenvalue weighted by atomic mass is 10.1. The van der Waals surface area contributed by atoms with Crippen LogP contribution in [0.4, 0.5) is 5.69 Å². The fraction of sp³-hybridized carbons (Fsp3) is 0.133. The van der Waals surface area contributed by atoms with Gasteiger partial charge in [0.2, 0.25) is 0 Å². The van der Waals surface area contributed by atoms with Gasteiger partial charge in [-0.2, -0.15) is 0 Å². The molecule has 2 rings (SSSR count). The molecule has 0 aliphatic rings. The molecular formula is C15H13Cl2NO3. The van der Waals surface area contributed by atoms with E-state index in [-0.39, 0.29) is 17.9 Å². The first kappa shape index (κ1) is 15.5. The molecule has 0 spiro atoms. The number of para-hydroxylation sites is 1. The zero-order valence-electron chi connectivity index (χ0n) is 11.2. The molecule has 110 valence electrons. The van der Waals surface area contributed by atoms with Crippen molar-refractivity contribution in [2.24, 2.45) is 0 Å². The number of benzene rings is 2. The number of hydrogen-bond donors (Lipinski definition) is 1. The second kappa shape index (κ2) is 6.70. The number of hydrogen-bond acceptors (Lipinski definition) is 4. The second-order valence-electron chi connectivity index (χ2n) is 4.20. The molecule has 0 saturated heterocycles. The number of halogens is 2. The van der Waals surface area contributed by atoms with Gasteiger partial charge in [0.1, 0.15) is 12.2 Å². The van der Waals surface area contributed by atoms with Crippen LogP contribution in [0.25, 0.3) is 0 Å². The molecule has 0 aliphatic carbocycles. The molecule has 0 unspecified atom stereocenters. The highest BCUT2D eigenvalue weighted by atomic mass is 35.5. The van der Waals surface area contributed by atoms with Gasteiger partial charge in [-0.15, -0.1) is 0 Å². The van der Waals surface area contributed by atoms with Crippen LogP contribution in [-0.4, -0.2) is 13.1 Å². The van der Waals surface area contributed by atoms with E-state index < -0.39 is 5.97 Å². The molecule has 2 aromatic carbocycles. The monoisotopic (exact) mass is 325 g/mol. The maximum absolute atomic E-state index is 12.1. The third-order valence-corrected chi connectivity index (χ3v) is 3.59. The molecule has 0 heterocycles. The Morgan fingerprint density at radius 3 is 2.38 bits per heavy atom. The molecule has 0 aromatic heterocycles. The fourth-order valence-electron chi connectivity index (χ4n) is 1.83. The van der Waals surface area contributed by atoms with Crippen LogP contribution in [-0.2, 0) is 11.3 Å². The van der Waals surface area contributed by atoms with Crippen molar-refractivity contribution in [3.05, 3.63) is 57.6 Å². The van der Waals surface area contributed by atoms with Crippen molar-refractivity contribution < 1.29 is 14.3 Å². The van der Waals surface area contributed by atoms with Gasteiger partial charge >= 0.3 is 5.97 Å². The number of anilines is 1. The van der Waals surface area contributed by atoms with Crippen molar-refractivity contribution in [2.45, 2.75) is 6.61 Å². The average molecular weight is 326 g/mol. The lowest BCUT2D eigenvalue weighted by Crippen LogP contribution is -2.09. The zero-order chi connectivity index (χ0) is 15.4. The Hall–Kier alpha value is -1.91. The van der Waals surface area contributed by atoms with Crippen LogP contribution in [0.5, 0.6) is 5.75 Å². The number of nitrogens with two attached hydrogens (primary N) is 1. The van der Waals surface area contributed by atoms with Crippen LogP contribution in [0.1, 0.15) is 15.9 Å². The smallest absolute Gasteiger partial charge is 0.342 e. The summed E-state index contributed by atoms with van der Waals surface area (Å²) < 4.78 is 10.3. The van der Waals surface area contributed by atoms with E-state index >= 15 is 0 Å². The minimum atomic E-state index is -0.560. The molecule has 0 amide bonds.